The van der Waals surface area contributed by atoms with Crippen LogP contribution in [-0.4, -0.2) is 66.5 Å². The zero-order chi connectivity index (χ0) is 22.6. The zero-order valence-electron chi connectivity index (χ0n) is 17.8. The minimum Gasteiger partial charge on any atom is -0.484 e. The minimum atomic E-state index is -0.643. The van der Waals surface area contributed by atoms with Gasteiger partial charge in [-0.3, -0.25) is 14.4 Å². The molecule has 3 rings (SSSR count). The second-order valence-corrected chi connectivity index (χ2v) is 7.86. The summed E-state index contributed by atoms with van der Waals surface area (Å²) in [6, 6.07) is 7.20. The lowest BCUT2D eigenvalue weighted by atomic mass is 9.83. The van der Waals surface area contributed by atoms with Crippen molar-refractivity contribution >= 4 is 18.3 Å². The van der Waals surface area contributed by atoms with Gasteiger partial charge in [-0.2, -0.15) is 0 Å². The molecule has 0 spiro atoms. The number of aliphatic hydroxyl groups is 1. The molecule has 3 atom stereocenters. The molecule has 2 amide bonds. The number of hydrogen-bond acceptors (Lipinski definition) is 6. The van der Waals surface area contributed by atoms with Gasteiger partial charge in [0.05, 0.1) is 12.1 Å². The normalized spacial score (nSPS) is 23.6. The Morgan fingerprint density at radius 1 is 1.19 bits per heavy atom. The molecule has 1 aromatic carbocycles. The van der Waals surface area contributed by atoms with Crippen molar-refractivity contribution in [1.29, 1.82) is 0 Å². The van der Waals surface area contributed by atoms with Crippen molar-refractivity contribution in [3.05, 3.63) is 29.8 Å². The molecule has 4 N–H and O–H groups in total. The van der Waals surface area contributed by atoms with Gasteiger partial charge in [0.15, 0.2) is 6.61 Å². The summed E-state index contributed by atoms with van der Waals surface area (Å²) in [5, 5.41) is 23.1. The van der Waals surface area contributed by atoms with Crippen molar-refractivity contribution in [2.24, 2.45) is 5.92 Å². The van der Waals surface area contributed by atoms with Crippen molar-refractivity contribution in [3.8, 4) is 5.75 Å². The monoisotopic (exact) mass is 436 g/mol. The summed E-state index contributed by atoms with van der Waals surface area (Å²) in [5.41, 5.74) is 1.05. The van der Waals surface area contributed by atoms with Crippen LogP contribution in [0, 0.1) is 12.8 Å². The van der Waals surface area contributed by atoms with Gasteiger partial charge in [-0.05, 0) is 56.7 Å². The molecule has 1 aromatic rings. The molecule has 31 heavy (non-hydrogen) atoms. The molecular formula is C22H32N2O7. The molecule has 9 nitrogen and oxygen atoms in total. The van der Waals surface area contributed by atoms with Crippen molar-refractivity contribution in [1.82, 2.24) is 10.6 Å². The zero-order valence-corrected chi connectivity index (χ0v) is 17.8. The van der Waals surface area contributed by atoms with Crippen LogP contribution in [0.15, 0.2) is 24.3 Å². The summed E-state index contributed by atoms with van der Waals surface area (Å²) < 4.78 is 10.8. The van der Waals surface area contributed by atoms with Gasteiger partial charge in [0.25, 0.3) is 12.4 Å². The summed E-state index contributed by atoms with van der Waals surface area (Å²) in [6.07, 6.45) is 2.58. The highest BCUT2D eigenvalue weighted by atomic mass is 16.5. The van der Waals surface area contributed by atoms with E-state index in [-0.39, 0.29) is 36.9 Å². The Morgan fingerprint density at radius 2 is 1.90 bits per heavy atom. The van der Waals surface area contributed by atoms with E-state index in [9.17, 15) is 14.7 Å². The lowest BCUT2D eigenvalue weighted by Gasteiger charge is -2.34. The topological polar surface area (TPSA) is 134 Å². The third kappa shape index (κ3) is 8.55. The first-order valence-corrected chi connectivity index (χ1v) is 10.6. The van der Waals surface area contributed by atoms with E-state index in [2.05, 4.69) is 10.6 Å². The first kappa shape index (κ1) is 24.6. The number of rotatable bonds is 6. The number of hydrogen-bond donors (Lipinski definition) is 4. The molecule has 1 aliphatic heterocycles. The molecule has 2 aliphatic rings. The van der Waals surface area contributed by atoms with E-state index in [0.717, 1.165) is 18.4 Å². The highest BCUT2D eigenvalue weighted by Gasteiger charge is 2.34. The lowest BCUT2D eigenvalue weighted by molar-refractivity contribution is -0.131. The Morgan fingerprint density at radius 3 is 2.58 bits per heavy atom. The Balaban J connectivity index is 0.00000107. The van der Waals surface area contributed by atoms with Crippen molar-refractivity contribution < 1.29 is 34.1 Å². The number of carboxylic acid groups (broad SMARTS) is 1. The quantitative estimate of drug-likeness (QED) is 0.489. The molecule has 1 saturated heterocycles. The van der Waals surface area contributed by atoms with E-state index in [1.54, 1.807) is 6.07 Å². The maximum absolute atomic E-state index is 12.6. The second-order valence-electron chi connectivity index (χ2n) is 7.86. The summed E-state index contributed by atoms with van der Waals surface area (Å²) in [7, 11) is 0. The van der Waals surface area contributed by atoms with Gasteiger partial charge in [0.2, 0.25) is 5.91 Å². The molecule has 0 radical (unpaired) electrons. The molecular weight excluding hydrogens is 404 g/mol. The molecule has 0 bridgehead atoms. The number of aryl methyl sites for hydroxylation is 1. The summed E-state index contributed by atoms with van der Waals surface area (Å²) in [6.45, 7) is 2.93. The third-order valence-electron chi connectivity index (χ3n) is 5.46. The fourth-order valence-electron chi connectivity index (χ4n) is 3.81. The van der Waals surface area contributed by atoms with Crippen molar-refractivity contribution in [2.75, 3.05) is 19.8 Å². The van der Waals surface area contributed by atoms with E-state index < -0.39 is 12.1 Å². The largest absolute Gasteiger partial charge is 0.484 e. The first-order valence-electron chi connectivity index (χ1n) is 10.6. The number of carbonyl (C=O) groups excluding carboxylic acids is 2. The minimum absolute atomic E-state index is 0.00839. The Hall–Kier alpha value is -2.65. The van der Waals surface area contributed by atoms with E-state index in [4.69, 9.17) is 19.4 Å². The Kier molecular flexibility index (Phi) is 10.3. The van der Waals surface area contributed by atoms with Gasteiger partial charge >= 0.3 is 0 Å². The molecule has 0 unspecified atom stereocenters. The summed E-state index contributed by atoms with van der Waals surface area (Å²) >= 11 is 0. The smallest absolute Gasteiger partial charge is 0.290 e. The standard InChI is InChI=1S/C21H30N2O5.CH2O2/c1-14-3-2-4-17(11-14)28-13-20(25)23-18-12-15(5-6-19(18)24)21(26)22-16-7-9-27-10-8-16;2-1-3/h2-4,11,15-16,18-19,24H,5-10,12-13H2,1H3,(H,22,26)(H,23,25);1H,(H,2,3)/t15-,18+,19+;/m0./s1. The summed E-state index contributed by atoms with van der Waals surface area (Å²) in [5.74, 6) is 0.146. The average Bonchev–Trinajstić information content (AvgIpc) is 2.75. The molecule has 9 heteroatoms. The van der Waals surface area contributed by atoms with E-state index in [1.807, 2.05) is 25.1 Å². The lowest BCUT2D eigenvalue weighted by Crippen LogP contribution is -2.51. The van der Waals surface area contributed by atoms with Gasteiger partial charge in [0.1, 0.15) is 5.75 Å². The van der Waals surface area contributed by atoms with Crippen LogP contribution in [0.25, 0.3) is 0 Å². The highest BCUT2D eigenvalue weighted by molar-refractivity contribution is 5.80. The van der Waals surface area contributed by atoms with Crippen LogP contribution in [-0.2, 0) is 19.1 Å². The van der Waals surface area contributed by atoms with Gasteiger partial charge in [-0.1, -0.05) is 12.1 Å². The molecule has 1 aliphatic carbocycles. The van der Waals surface area contributed by atoms with Crippen LogP contribution in [0.5, 0.6) is 5.75 Å². The van der Waals surface area contributed by atoms with Gasteiger partial charge in [-0.25, -0.2) is 0 Å². The fourth-order valence-corrected chi connectivity index (χ4v) is 3.81. The van der Waals surface area contributed by atoms with Crippen LogP contribution >= 0.6 is 0 Å². The SMILES string of the molecule is Cc1cccc(OCC(=O)N[C@@H]2C[C@@H](C(=O)NC3CCOCC3)CC[C@H]2O)c1.O=CO. The predicted octanol–water partition coefficient (Wildman–Crippen LogP) is 1.02. The molecule has 2 fully saturated rings. The van der Waals surface area contributed by atoms with Crippen LogP contribution in [0.4, 0.5) is 0 Å². The average molecular weight is 437 g/mol. The fraction of sp³-hybridized carbons (Fsp3) is 0.591. The number of carbonyl (C=O) groups is 3. The second kappa shape index (κ2) is 12.9. The maximum atomic E-state index is 12.6. The van der Waals surface area contributed by atoms with Crippen LogP contribution < -0.4 is 15.4 Å². The van der Waals surface area contributed by atoms with Crippen LogP contribution in [0.3, 0.4) is 0 Å². The van der Waals surface area contributed by atoms with Crippen LogP contribution in [0.2, 0.25) is 0 Å². The number of nitrogens with one attached hydrogen (secondary N) is 2. The highest BCUT2D eigenvalue weighted by Crippen LogP contribution is 2.25. The molecule has 0 aromatic heterocycles. The number of amides is 2. The van der Waals surface area contributed by atoms with E-state index in [0.29, 0.717) is 38.2 Å². The van der Waals surface area contributed by atoms with Crippen molar-refractivity contribution in [3.63, 3.8) is 0 Å². The van der Waals surface area contributed by atoms with Crippen LogP contribution in [0.1, 0.15) is 37.7 Å². The first-order chi connectivity index (χ1) is 14.9. The van der Waals surface area contributed by atoms with Gasteiger partial charge in [-0.15, -0.1) is 0 Å². The van der Waals surface area contributed by atoms with E-state index in [1.165, 1.54) is 0 Å². The van der Waals surface area contributed by atoms with Crippen molar-refractivity contribution in [2.45, 2.75) is 57.2 Å². The Labute approximate surface area is 182 Å². The number of ether oxygens (including phenoxy) is 2. The third-order valence-corrected chi connectivity index (χ3v) is 5.46. The molecule has 1 saturated carbocycles. The van der Waals surface area contributed by atoms with E-state index >= 15 is 0 Å². The Bertz CT molecular complexity index is 722. The van der Waals surface area contributed by atoms with Gasteiger partial charge in [0, 0.05) is 25.2 Å². The predicted molar refractivity (Wildman–Crippen MR) is 113 cm³/mol. The number of benzene rings is 1. The molecule has 1 heterocycles. The molecule has 172 valence electrons. The summed E-state index contributed by atoms with van der Waals surface area (Å²) in [4.78, 5) is 33.2. The van der Waals surface area contributed by atoms with Gasteiger partial charge < -0.3 is 30.3 Å². The number of aliphatic hydroxyl groups excluding tert-OH is 1. The maximum Gasteiger partial charge on any atom is 0.290 e.